The van der Waals surface area contributed by atoms with Gasteiger partial charge in [-0.05, 0) is 59.5 Å². The number of rotatable bonds is 7. The molecule has 4 aromatic rings. The van der Waals surface area contributed by atoms with Crippen LogP contribution in [0.4, 0.5) is 30.7 Å². The second-order valence-corrected chi connectivity index (χ2v) is 8.12. The Kier molecular flexibility index (Phi) is 7.06. The van der Waals surface area contributed by atoms with E-state index < -0.39 is 40.8 Å². The number of alkyl halides is 2. The summed E-state index contributed by atoms with van der Waals surface area (Å²) in [5, 5.41) is 0. The van der Waals surface area contributed by atoms with Crippen LogP contribution >= 0.6 is 0 Å². The molecule has 0 aliphatic heterocycles. The van der Waals surface area contributed by atoms with Gasteiger partial charge in [0, 0.05) is 11.1 Å². The molecule has 4 rings (SSSR count). The Morgan fingerprint density at radius 3 is 1.94 bits per heavy atom. The van der Waals surface area contributed by atoms with Gasteiger partial charge in [-0.1, -0.05) is 49.7 Å². The van der Waals surface area contributed by atoms with Crippen LogP contribution in [0.25, 0.3) is 22.3 Å². The van der Waals surface area contributed by atoms with Crippen molar-refractivity contribution < 1.29 is 35.5 Å². The normalized spacial score (nSPS) is 11.6. The van der Waals surface area contributed by atoms with Crippen molar-refractivity contribution in [2.75, 3.05) is 0 Å². The Balaban J connectivity index is 1.54. The van der Waals surface area contributed by atoms with Crippen molar-refractivity contribution in [1.82, 2.24) is 0 Å². The monoisotopic (exact) mass is 504 g/mol. The van der Waals surface area contributed by atoms with Crippen LogP contribution in [0.5, 0.6) is 5.75 Å². The fraction of sp³-hybridized carbons (Fsp3) is 0.143. The highest BCUT2D eigenvalue weighted by atomic mass is 19.3. The van der Waals surface area contributed by atoms with Crippen LogP contribution in [-0.4, -0.2) is 0 Å². The highest BCUT2D eigenvalue weighted by Gasteiger charge is 2.35. The first-order valence-electron chi connectivity index (χ1n) is 11.0. The largest absolute Gasteiger partial charge is 0.429 e. The molecule has 0 fully saturated rings. The highest BCUT2D eigenvalue weighted by molar-refractivity contribution is 5.66. The van der Waals surface area contributed by atoms with Crippen LogP contribution in [0.3, 0.4) is 0 Å². The summed E-state index contributed by atoms with van der Waals surface area (Å²) in [6.45, 7) is 1.84. The average molecular weight is 504 g/mol. The standard InChI is InChI=1S/C28H19F7O/c1-2-3-17-6-11-22(27(33)26(17)32)16-4-9-20(10-5-16)36-28(34,35)19-8-12-21(24(30)15-19)18-7-13-23(29)25(31)14-18/h4-15H,2-3H2,1H3. The Bertz CT molecular complexity index is 1400. The lowest BCUT2D eigenvalue weighted by Gasteiger charge is -2.19. The minimum absolute atomic E-state index is 0.0239. The van der Waals surface area contributed by atoms with Gasteiger partial charge in [0.1, 0.15) is 11.6 Å². The first kappa shape index (κ1) is 25.3. The molecule has 0 atom stereocenters. The Morgan fingerprint density at radius 1 is 0.639 bits per heavy atom. The predicted molar refractivity (Wildman–Crippen MR) is 122 cm³/mol. The maximum absolute atomic E-state index is 14.7. The third-order valence-electron chi connectivity index (χ3n) is 5.63. The number of benzene rings is 4. The van der Waals surface area contributed by atoms with Crippen molar-refractivity contribution in [3.63, 3.8) is 0 Å². The number of aryl methyl sites for hydroxylation is 1. The summed E-state index contributed by atoms with van der Waals surface area (Å²) in [6, 6.07) is 13.0. The SMILES string of the molecule is CCCc1ccc(-c2ccc(OC(F)(F)c3ccc(-c4ccc(F)c(F)c4)c(F)c3)cc2)c(F)c1F. The first-order valence-corrected chi connectivity index (χ1v) is 11.0. The van der Waals surface area contributed by atoms with E-state index in [0.717, 1.165) is 42.5 Å². The summed E-state index contributed by atoms with van der Waals surface area (Å²) in [6.07, 6.45) is -2.92. The van der Waals surface area contributed by atoms with E-state index in [2.05, 4.69) is 0 Å². The van der Waals surface area contributed by atoms with Crippen molar-refractivity contribution in [2.45, 2.75) is 25.9 Å². The van der Waals surface area contributed by atoms with Crippen LogP contribution in [0.2, 0.25) is 0 Å². The molecule has 0 N–H and O–H groups in total. The van der Waals surface area contributed by atoms with Crippen LogP contribution in [0, 0.1) is 29.1 Å². The van der Waals surface area contributed by atoms with Crippen molar-refractivity contribution in [3.05, 3.63) is 113 Å². The molecule has 0 spiro atoms. The first-order chi connectivity index (χ1) is 17.1. The molecule has 186 valence electrons. The van der Waals surface area contributed by atoms with E-state index in [0.29, 0.717) is 18.9 Å². The third-order valence-corrected chi connectivity index (χ3v) is 5.63. The lowest BCUT2D eigenvalue weighted by atomic mass is 10.0. The maximum Gasteiger partial charge on any atom is 0.426 e. The maximum atomic E-state index is 14.7. The van der Waals surface area contributed by atoms with Crippen LogP contribution in [0.15, 0.2) is 72.8 Å². The summed E-state index contributed by atoms with van der Waals surface area (Å²) >= 11 is 0. The molecule has 0 aliphatic carbocycles. The van der Waals surface area contributed by atoms with Gasteiger partial charge in [-0.3, -0.25) is 0 Å². The molecule has 0 aromatic heterocycles. The molecule has 0 heterocycles. The zero-order chi connectivity index (χ0) is 26.0. The topological polar surface area (TPSA) is 9.23 Å². The molecule has 0 saturated carbocycles. The molecular formula is C28H19F7O. The van der Waals surface area contributed by atoms with Gasteiger partial charge >= 0.3 is 6.11 Å². The minimum Gasteiger partial charge on any atom is -0.429 e. The number of hydrogen-bond acceptors (Lipinski definition) is 1. The summed E-state index contributed by atoms with van der Waals surface area (Å²) < 4.78 is 104. The molecule has 0 radical (unpaired) electrons. The van der Waals surface area contributed by atoms with Crippen molar-refractivity contribution in [2.24, 2.45) is 0 Å². The number of halogens is 7. The van der Waals surface area contributed by atoms with Crippen molar-refractivity contribution >= 4 is 0 Å². The van der Waals surface area contributed by atoms with Gasteiger partial charge in [0.15, 0.2) is 23.3 Å². The smallest absolute Gasteiger partial charge is 0.426 e. The molecule has 36 heavy (non-hydrogen) atoms. The molecular weight excluding hydrogens is 485 g/mol. The Labute approximate surface area is 202 Å². The summed E-state index contributed by atoms with van der Waals surface area (Å²) in [5.41, 5.74) is -0.551. The molecule has 0 amide bonds. The average Bonchev–Trinajstić information content (AvgIpc) is 2.84. The van der Waals surface area contributed by atoms with Crippen LogP contribution in [0.1, 0.15) is 24.5 Å². The van der Waals surface area contributed by atoms with E-state index in [9.17, 15) is 30.7 Å². The fourth-order valence-electron chi connectivity index (χ4n) is 3.78. The van der Waals surface area contributed by atoms with Gasteiger partial charge < -0.3 is 4.74 Å². The summed E-state index contributed by atoms with van der Waals surface area (Å²) in [5.74, 6) is -5.68. The van der Waals surface area contributed by atoms with Gasteiger partial charge in [-0.25, -0.2) is 22.0 Å². The predicted octanol–water partition coefficient (Wildman–Crippen LogP) is 8.80. The molecule has 0 bridgehead atoms. The fourth-order valence-corrected chi connectivity index (χ4v) is 3.78. The minimum atomic E-state index is -3.95. The van der Waals surface area contributed by atoms with E-state index in [-0.39, 0.29) is 33.6 Å². The lowest BCUT2D eigenvalue weighted by molar-refractivity contribution is -0.185. The van der Waals surface area contributed by atoms with Crippen LogP contribution in [-0.2, 0) is 12.5 Å². The molecule has 0 aliphatic rings. The lowest BCUT2D eigenvalue weighted by Crippen LogP contribution is -2.22. The van der Waals surface area contributed by atoms with Gasteiger partial charge in [0.2, 0.25) is 0 Å². The molecule has 1 nitrogen and oxygen atoms in total. The molecule has 8 heteroatoms. The Hall–Kier alpha value is -3.81. The molecule has 4 aromatic carbocycles. The third kappa shape index (κ3) is 5.08. The van der Waals surface area contributed by atoms with Crippen LogP contribution < -0.4 is 4.74 Å². The number of ether oxygens (including phenoxy) is 1. The van der Waals surface area contributed by atoms with Crippen molar-refractivity contribution in [3.8, 4) is 28.0 Å². The molecule has 0 unspecified atom stereocenters. The van der Waals surface area contributed by atoms with E-state index in [4.69, 9.17) is 4.74 Å². The van der Waals surface area contributed by atoms with E-state index in [1.807, 2.05) is 6.92 Å². The van der Waals surface area contributed by atoms with E-state index in [1.54, 1.807) is 0 Å². The zero-order valence-electron chi connectivity index (χ0n) is 18.9. The highest BCUT2D eigenvalue weighted by Crippen LogP contribution is 2.36. The Morgan fingerprint density at radius 2 is 1.31 bits per heavy atom. The van der Waals surface area contributed by atoms with Gasteiger partial charge in [0.05, 0.1) is 5.56 Å². The second-order valence-electron chi connectivity index (χ2n) is 8.12. The van der Waals surface area contributed by atoms with Gasteiger partial charge in [0.25, 0.3) is 0 Å². The van der Waals surface area contributed by atoms with E-state index in [1.165, 1.54) is 24.3 Å². The zero-order valence-corrected chi connectivity index (χ0v) is 18.9. The summed E-state index contributed by atoms with van der Waals surface area (Å²) in [4.78, 5) is 0. The van der Waals surface area contributed by atoms with E-state index >= 15 is 0 Å². The number of hydrogen-bond donors (Lipinski definition) is 0. The summed E-state index contributed by atoms with van der Waals surface area (Å²) in [7, 11) is 0. The van der Waals surface area contributed by atoms with Crippen molar-refractivity contribution in [1.29, 1.82) is 0 Å². The second kappa shape index (κ2) is 10.0. The van der Waals surface area contributed by atoms with Gasteiger partial charge in [-0.2, -0.15) is 8.78 Å². The quantitative estimate of drug-likeness (QED) is 0.229. The van der Waals surface area contributed by atoms with Gasteiger partial charge in [-0.15, -0.1) is 0 Å². The molecule has 0 saturated heterocycles.